The summed E-state index contributed by atoms with van der Waals surface area (Å²) < 4.78 is 18.5. The van der Waals surface area contributed by atoms with Gasteiger partial charge in [-0.15, -0.1) is 10.2 Å². The number of ketones is 1. The lowest BCUT2D eigenvalue weighted by Crippen LogP contribution is -2.08. The van der Waals surface area contributed by atoms with Gasteiger partial charge in [0.1, 0.15) is 5.82 Å². The first-order chi connectivity index (χ1) is 12.4. The number of carbonyl (C=O) groups excluding carboxylic acids is 1. The van der Waals surface area contributed by atoms with Crippen molar-refractivity contribution >= 4 is 17.5 Å². The Labute approximate surface area is 155 Å². The third-order valence-electron chi connectivity index (χ3n) is 4.61. The van der Waals surface area contributed by atoms with Crippen molar-refractivity contribution in [3.05, 3.63) is 64.0 Å². The summed E-state index contributed by atoms with van der Waals surface area (Å²) in [6, 6.07) is 7.76. The van der Waals surface area contributed by atoms with Gasteiger partial charge in [0.2, 0.25) is 5.89 Å². The van der Waals surface area contributed by atoms with Crippen LogP contribution in [0.25, 0.3) is 11.5 Å². The summed E-state index contributed by atoms with van der Waals surface area (Å²) in [7, 11) is 0. The Kier molecular flexibility index (Phi) is 5.23. The molecular weight excluding hydrogens is 351 g/mol. The lowest BCUT2D eigenvalue weighted by molar-refractivity contribution is 0.102. The van der Waals surface area contributed by atoms with Crippen LogP contribution in [0, 0.1) is 33.5 Å². The average Bonchev–Trinajstić information content (AvgIpc) is 3.10. The van der Waals surface area contributed by atoms with Gasteiger partial charge in [-0.2, -0.15) is 0 Å². The Morgan fingerprint density at radius 1 is 1.04 bits per heavy atom. The van der Waals surface area contributed by atoms with Crippen molar-refractivity contribution in [1.29, 1.82) is 0 Å². The molecule has 0 atom stereocenters. The number of hydrogen-bond donors (Lipinski definition) is 0. The van der Waals surface area contributed by atoms with E-state index in [1.165, 1.54) is 29.5 Å². The van der Waals surface area contributed by atoms with Gasteiger partial charge in [-0.25, -0.2) is 4.39 Å². The highest BCUT2D eigenvalue weighted by molar-refractivity contribution is 7.99. The molecule has 0 fully saturated rings. The van der Waals surface area contributed by atoms with Crippen LogP contribution in [-0.2, 0) is 0 Å². The van der Waals surface area contributed by atoms with Crippen molar-refractivity contribution in [2.24, 2.45) is 0 Å². The molecule has 0 spiro atoms. The molecule has 0 unspecified atom stereocenters. The minimum absolute atomic E-state index is 0.0280. The lowest BCUT2D eigenvalue weighted by Gasteiger charge is -2.13. The third-order valence-corrected chi connectivity index (χ3v) is 5.42. The quantitative estimate of drug-likeness (QED) is 0.463. The van der Waals surface area contributed by atoms with E-state index in [9.17, 15) is 9.18 Å². The monoisotopic (exact) mass is 370 g/mol. The van der Waals surface area contributed by atoms with E-state index in [0.717, 1.165) is 22.3 Å². The van der Waals surface area contributed by atoms with Crippen molar-refractivity contribution < 1.29 is 13.6 Å². The van der Waals surface area contributed by atoms with Crippen LogP contribution in [0.15, 0.2) is 40.0 Å². The van der Waals surface area contributed by atoms with Gasteiger partial charge in [0, 0.05) is 11.1 Å². The fourth-order valence-corrected chi connectivity index (χ4v) is 3.33. The fourth-order valence-electron chi connectivity index (χ4n) is 2.68. The number of halogens is 1. The Morgan fingerprint density at radius 2 is 1.73 bits per heavy atom. The van der Waals surface area contributed by atoms with Crippen LogP contribution in [0.5, 0.6) is 0 Å². The van der Waals surface area contributed by atoms with E-state index < -0.39 is 0 Å². The molecule has 0 N–H and O–H groups in total. The second-order valence-electron chi connectivity index (χ2n) is 6.21. The number of hydrogen-bond acceptors (Lipinski definition) is 5. The van der Waals surface area contributed by atoms with Crippen LogP contribution in [0.2, 0.25) is 0 Å². The first-order valence-electron chi connectivity index (χ1n) is 8.19. The number of nitrogens with zero attached hydrogens (tertiary/aromatic N) is 2. The Balaban J connectivity index is 1.72. The molecule has 134 valence electrons. The van der Waals surface area contributed by atoms with Crippen LogP contribution in [-0.4, -0.2) is 21.7 Å². The maximum absolute atomic E-state index is 13.0. The van der Waals surface area contributed by atoms with Gasteiger partial charge in [-0.1, -0.05) is 11.8 Å². The second kappa shape index (κ2) is 7.41. The number of carbonyl (C=O) groups is 1. The molecule has 0 radical (unpaired) electrons. The molecule has 0 saturated carbocycles. The Hall–Kier alpha value is -2.47. The smallest absolute Gasteiger partial charge is 0.277 e. The van der Waals surface area contributed by atoms with Crippen molar-refractivity contribution in [2.45, 2.75) is 32.9 Å². The second-order valence-corrected chi connectivity index (χ2v) is 7.13. The molecule has 3 aromatic rings. The Bertz CT molecular complexity index is 965. The predicted molar refractivity (Wildman–Crippen MR) is 100 cm³/mol. The first-order valence-corrected chi connectivity index (χ1v) is 9.18. The lowest BCUT2D eigenvalue weighted by atomic mass is 9.93. The van der Waals surface area contributed by atoms with Gasteiger partial charge in [0.25, 0.3) is 5.22 Å². The molecule has 0 amide bonds. The van der Waals surface area contributed by atoms with E-state index in [-0.39, 0.29) is 17.4 Å². The zero-order valence-corrected chi connectivity index (χ0v) is 15.9. The molecule has 0 aliphatic heterocycles. The van der Waals surface area contributed by atoms with E-state index in [0.29, 0.717) is 16.7 Å². The summed E-state index contributed by atoms with van der Waals surface area (Å²) in [6.45, 7) is 8.09. The molecule has 0 aliphatic carbocycles. The van der Waals surface area contributed by atoms with Gasteiger partial charge < -0.3 is 4.42 Å². The average molecular weight is 370 g/mol. The summed E-state index contributed by atoms with van der Waals surface area (Å²) >= 11 is 1.20. The van der Waals surface area contributed by atoms with E-state index in [2.05, 4.69) is 17.1 Å². The molecule has 0 saturated heterocycles. The molecule has 26 heavy (non-hydrogen) atoms. The molecule has 6 heteroatoms. The SMILES string of the molecule is Cc1cc(C(=O)CSc2nnc(-c3ccc(F)cc3)o2)c(C)c(C)c1C. The van der Waals surface area contributed by atoms with E-state index in [1.54, 1.807) is 12.1 Å². The maximum atomic E-state index is 13.0. The zero-order chi connectivity index (χ0) is 18.8. The highest BCUT2D eigenvalue weighted by Crippen LogP contribution is 2.26. The van der Waals surface area contributed by atoms with Crippen molar-refractivity contribution in [1.82, 2.24) is 10.2 Å². The van der Waals surface area contributed by atoms with Gasteiger partial charge in [0.15, 0.2) is 5.78 Å². The topological polar surface area (TPSA) is 56.0 Å². The van der Waals surface area contributed by atoms with Crippen LogP contribution in [0.4, 0.5) is 4.39 Å². The zero-order valence-electron chi connectivity index (χ0n) is 15.1. The summed E-state index contributed by atoms with van der Waals surface area (Å²) in [5, 5.41) is 8.22. The molecule has 4 nitrogen and oxygen atoms in total. The highest BCUT2D eigenvalue weighted by atomic mass is 32.2. The summed E-state index contributed by atoms with van der Waals surface area (Å²) in [5.74, 6) is 0.222. The minimum atomic E-state index is -0.326. The fraction of sp³-hybridized carbons (Fsp3) is 0.250. The molecular formula is C20H19FN2O2S. The third kappa shape index (κ3) is 3.70. The maximum Gasteiger partial charge on any atom is 0.277 e. The molecule has 1 heterocycles. The molecule has 0 bridgehead atoms. The summed E-state index contributed by atoms with van der Waals surface area (Å²) in [5.41, 5.74) is 5.85. The minimum Gasteiger partial charge on any atom is -0.411 e. The summed E-state index contributed by atoms with van der Waals surface area (Å²) in [4.78, 5) is 12.6. The van der Waals surface area contributed by atoms with Crippen molar-refractivity contribution in [3.63, 3.8) is 0 Å². The number of thioether (sulfide) groups is 1. The van der Waals surface area contributed by atoms with Gasteiger partial charge in [-0.05, 0) is 80.3 Å². The van der Waals surface area contributed by atoms with E-state index in [1.807, 2.05) is 26.8 Å². The van der Waals surface area contributed by atoms with Gasteiger partial charge in [-0.3, -0.25) is 4.79 Å². The van der Waals surface area contributed by atoms with Crippen molar-refractivity contribution in [3.8, 4) is 11.5 Å². The van der Waals surface area contributed by atoms with Crippen LogP contribution in [0.3, 0.4) is 0 Å². The number of Topliss-reactive ketones (excluding diaryl/α,β-unsaturated/α-hetero) is 1. The Morgan fingerprint density at radius 3 is 2.42 bits per heavy atom. The number of aromatic nitrogens is 2. The predicted octanol–water partition coefficient (Wildman–Crippen LogP) is 5.08. The number of rotatable bonds is 5. The molecule has 2 aromatic carbocycles. The van der Waals surface area contributed by atoms with Crippen LogP contribution < -0.4 is 0 Å². The number of benzene rings is 2. The largest absolute Gasteiger partial charge is 0.411 e. The first kappa shape index (κ1) is 18.3. The normalized spacial score (nSPS) is 11.0. The summed E-state index contributed by atoms with van der Waals surface area (Å²) in [6.07, 6.45) is 0. The van der Waals surface area contributed by atoms with E-state index in [4.69, 9.17) is 4.42 Å². The van der Waals surface area contributed by atoms with Crippen molar-refractivity contribution in [2.75, 3.05) is 5.75 Å². The van der Waals surface area contributed by atoms with Gasteiger partial charge >= 0.3 is 0 Å². The van der Waals surface area contributed by atoms with Gasteiger partial charge in [0.05, 0.1) is 5.75 Å². The molecule has 0 aliphatic rings. The van der Waals surface area contributed by atoms with E-state index >= 15 is 0 Å². The molecule has 1 aromatic heterocycles. The highest BCUT2D eigenvalue weighted by Gasteiger charge is 2.16. The van der Waals surface area contributed by atoms with Crippen LogP contribution >= 0.6 is 11.8 Å². The number of aryl methyl sites for hydroxylation is 1. The standard InChI is InChI=1S/C20H19FN2O2S/c1-11-9-17(14(4)13(3)12(11)2)18(24)10-26-20-23-22-19(25-20)15-5-7-16(21)8-6-15/h5-9H,10H2,1-4H3. The molecule has 3 rings (SSSR count). The van der Waals surface area contributed by atoms with Crippen LogP contribution in [0.1, 0.15) is 32.6 Å².